The van der Waals surface area contributed by atoms with Crippen molar-refractivity contribution in [1.82, 2.24) is 10.6 Å². The van der Waals surface area contributed by atoms with Gasteiger partial charge in [-0.25, -0.2) is 0 Å². The summed E-state index contributed by atoms with van der Waals surface area (Å²) >= 11 is 0. The van der Waals surface area contributed by atoms with Gasteiger partial charge in [0.2, 0.25) is 5.91 Å². The van der Waals surface area contributed by atoms with E-state index in [9.17, 15) is 9.59 Å². The van der Waals surface area contributed by atoms with Gasteiger partial charge in [0, 0.05) is 32.2 Å². The Morgan fingerprint density at radius 3 is 2.44 bits per heavy atom. The van der Waals surface area contributed by atoms with Crippen molar-refractivity contribution in [3.05, 3.63) is 29.8 Å². The molecule has 0 unspecified atom stereocenters. The molecule has 0 aliphatic carbocycles. The maximum atomic E-state index is 11.9. The van der Waals surface area contributed by atoms with Crippen LogP contribution in [0.1, 0.15) is 24.2 Å². The molecule has 0 atom stereocenters. The van der Waals surface area contributed by atoms with Crippen molar-refractivity contribution in [2.24, 2.45) is 0 Å². The molecule has 0 heterocycles. The molecule has 3 N–H and O–H groups in total. The van der Waals surface area contributed by atoms with E-state index in [1.54, 1.807) is 6.07 Å². The zero-order valence-electron chi connectivity index (χ0n) is 10.7. The van der Waals surface area contributed by atoms with Crippen LogP contribution in [0.2, 0.25) is 0 Å². The topological polar surface area (TPSA) is 70.2 Å². The Morgan fingerprint density at radius 1 is 1.11 bits per heavy atom. The Hall–Kier alpha value is -2.04. The zero-order valence-corrected chi connectivity index (χ0v) is 10.7. The van der Waals surface area contributed by atoms with E-state index in [1.165, 1.54) is 6.92 Å². The van der Waals surface area contributed by atoms with Crippen molar-refractivity contribution in [3.63, 3.8) is 0 Å². The minimum atomic E-state index is -0.142. The van der Waals surface area contributed by atoms with Gasteiger partial charge in [-0.2, -0.15) is 0 Å². The number of hydrogen-bond acceptors (Lipinski definition) is 3. The highest BCUT2D eigenvalue weighted by molar-refractivity contribution is 5.99. The minimum absolute atomic E-state index is 0.0997. The van der Waals surface area contributed by atoms with Gasteiger partial charge >= 0.3 is 0 Å². The van der Waals surface area contributed by atoms with E-state index in [2.05, 4.69) is 16.0 Å². The summed E-state index contributed by atoms with van der Waals surface area (Å²) in [7, 11) is 0. The molecule has 1 rings (SSSR count). The summed E-state index contributed by atoms with van der Waals surface area (Å²) in [5.41, 5.74) is 1.43. The van der Waals surface area contributed by atoms with Crippen molar-refractivity contribution < 1.29 is 9.59 Å². The number of benzene rings is 1. The molecule has 5 nitrogen and oxygen atoms in total. The van der Waals surface area contributed by atoms with Gasteiger partial charge in [-0.15, -0.1) is 0 Å². The lowest BCUT2D eigenvalue weighted by molar-refractivity contribution is -0.118. The molecule has 0 aliphatic rings. The van der Waals surface area contributed by atoms with Crippen molar-refractivity contribution in [3.8, 4) is 0 Å². The Morgan fingerprint density at radius 2 is 1.78 bits per heavy atom. The Balaban J connectivity index is 2.53. The molecule has 1 aromatic carbocycles. The SMILES string of the molecule is CCNc1ccccc1C(=O)NCCNC(C)=O. The number of rotatable bonds is 6. The largest absolute Gasteiger partial charge is 0.385 e. The second-order valence-electron chi connectivity index (χ2n) is 3.81. The first-order valence-electron chi connectivity index (χ1n) is 6.00. The van der Waals surface area contributed by atoms with Gasteiger partial charge in [-0.3, -0.25) is 9.59 Å². The Labute approximate surface area is 107 Å². The second kappa shape index (κ2) is 7.32. The van der Waals surface area contributed by atoms with Crippen molar-refractivity contribution in [1.29, 1.82) is 0 Å². The van der Waals surface area contributed by atoms with Crippen LogP contribution < -0.4 is 16.0 Å². The highest BCUT2D eigenvalue weighted by Gasteiger charge is 2.09. The summed E-state index contributed by atoms with van der Waals surface area (Å²) in [4.78, 5) is 22.6. The number of carbonyl (C=O) groups excluding carboxylic acids is 2. The number of nitrogens with one attached hydrogen (secondary N) is 3. The molecule has 0 fully saturated rings. The van der Waals surface area contributed by atoms with Crippen LogP contribution in [0.3, 0.4) is 0 Å². The quantitative estimate of drug-likeness (QED) is 0.658. The third kappa shape index (κ3) is 4.45. The molecule has 0 spiro atoms. The fraction of sp³-hybridized carbons (Fsp3) is 0.385. The van der Waals surface area contributed by atoms with Crippen molar-refractivity contribution in [2.75, 3.05) is 25.0 Å². The van der Waals surface area contributed by atoms with E-state index >= 15 is 0 Å². The standard InChI is InChI=1S/C13H19N3O2/c1-3-14-12-7-5-4-6-11(12)13(18)16-9-8-15-10(2)17/h4-7,14H,3,8-9H2,1-2H3,(H,15,17)(H,16,18). The van der Waals surface area contributed by atoms with E-state index < -0.39 is 0 Å². The summed E-state index contributed by atoms with van der Waals surface area (Å²) in [5, 5.41) is 8.52. The summed E-state index contributed by atoms with van der Waals surface area (Å²) in [5.74, 6) is -0.241. The number of para-hydroxylation sites is 1. The predicted octanol–water partition coefficient (Wildman–Crippen LogP) is 0.984. The van der Waals surface area contributed by atoms with Crippen LogP contribution in [0.5, 0.6) is 0 Å². The first-order valence-corrected chi connectivity index (χ1v) is 6.00. The van der Waals surface area contributed by atoms with Crippen LogP contribution in [-0.4, -0.2) is 31.4 Å². The molecule has 0 saturated heterocycles. The van der Waals surface area contributed by atoms with Gasteiger partial charge in [-0.1, -0.05) is 12.1 Å². The number of carbonyl (C=O) groups is 2. The third-order valence-corrected chi connectivity index (χ3v) is 2.32. The predicted molar refractivity (Wildman–Crippen MR) is 71.6 cm³/mol. The first kappa shape index (κ1) is 14.0. The van der Waals surface area contributed by atoms with Gasteiger partial charge < -0.3 is 16.0 Å². The molecule has 0 bridgehead atoms. The normalized spacial score (nSPS) is 9.67. The molecular weight excluding hydrogens is 230 g/mol. The van der Waals surface area contributed by atoms with Gasteiger partial charge in [0.1, 0.15) is 0 Å². The Bertz CT molecular complexity index is 418. The van der Waals surface area contributed by atoms with E-state index in [4.69, 9.17) is 0 Å². The molecule has 2 amide bonds. The highest BCUT2D eigenvalue weighted by Crippen LogP contribution is 2.14. The maximum Gasteiger partial charge on any atom is 0.253 e. The summed E-state index contributed by atoms with van der Waals surface area (Å²) < 4.78 is 0. The monoisotopic (exact) mass is 249 g/mol. The lowest BCUT2D eigenvalue weighted by Crippen LogP contribution is -2.33. The minimum Gasteiger partial charge on any atom is -0.385 e. The van der Waals surface area contributed by atoms with Crippen molar-refractivity contribution in [2.45, 2.75) is 13.8 Å². The van der Waals surface area contributed by atoms with Gasteiger partial charge in [-0.05, 0) is 19.1 Å². The molecular formula is C13H19N3O2. The molecule has 0 aliphatic heterocycles. The van der Waals surface area contributed by atoms with E-state index in [-0.39, 0.29) is 11.8 Å². The first-order chi connectivity index (χ1) is 8.65. The van der Waals surface area contributed by atoms with Gasteiger partial charge in [0.25, 0.3) is 5.91 Å². The van der Waals surface area contributed by atoms with E-state index in [0.29, 0.717) is 18.7 Å². The van der Waals surface area contributed by atoms with Crippen LogP contribution in [0.4, 0.5) is 5.69 Å². The second-order valence-corrected chi connectivity index (χ2v) is 3.81. The summed E-state index contributed by atoms with van der Waals surface area (Å²) in [6.07, 6.45) is 0. The summed E-state index contributed by atoms with van der Waals surface area (Å²) in [6, 6.07) is 7.34. The number of anilines is 1. The van der Waals surface area contributed by atoms with E-state index in [0.717, 1.165) is 12.2 Å². The van der Waals surface area contributed by atoms with Gasteiger partial charge in [0.05, 0.1) is 5.56 Å². The number of amides is 2. The molecule has 0 saturated carbocycles. The molecule has 0 aromatic heterocycles. The average Bonchev–Trinajstić information content (AvgIpc) is 2.35. The molecule has 5 heteroatoms. The molecule has 98 valence electrons. The van der Waals surface area contributed by atoms with E-state index in [1.807, 2.05) is 25.1 Å². The zero-order chi connectivity index (χ0) is 13.4. The van der Waals surface area contributed by atoms with Crippen molar-refractivity contribution >= 4 is 17.5 Å². The highest BCUT2D eigenvalue weighted by atomic mass is 16.2. The van der Waals surface area contributed by atoms with Crippen LogP contribution >= 0.6 is 0 Å². The fourth-order valence-electron chi connectivity index (χ4n) is 1.54. The smallest absolute Gasteiger partial charge is 0.253 e. The lowest BCUT2D eigenvalue weighted by atomic mass is 10.1. The lowest BCUT2D eigenvalue weighted by Gasteiger charge is -2.11. The van der Waals surface area contributed by atoms with Crippen LogP contribution in [0.15, 0.2) is 24.3 Å². The molecule has 0 radical (unpaired) electrons. The van der Waals surface area contributed by atoms with Crippen LogP contribution in [-0.2, 0) is 4.79 Å². The average molecular weight is 249 g/mol. The molecule has 18 heavy (non-hydrogen) atoms. The molecule has 1 aromatic rings. The maximum absolute atomic E-state index is 11.9. The van der Waals surface area contributed by atoms with Gasteiger partial charge in [0.15, 0.2) is 0 Å². The fourth-order valence-corrected chi connectivity index (χ4v) is 1.54. The number of hydrogen-bond donors (Lipinski definition) is 3. The third-order valence-electron chi connectivity index (χ3n) is 2.32. The Kier molecular flexibility index (Phi) is 5.70. The van der Waals surface area contributed by atoms with Crippen LogP contribution in [0.25, 0.3) is 0 Å². The van der Waals surface area contributed by atoms with Crippen LogP contribution in [0, 0.1) is 0 Å². The summed E-state index contributed by atoms with van der Waals surface area (Å²) in [6.45, 7) is 5.03.